The fraction of sp³-hybridized carbons (Fsp3) is 0.316. The molecule has 1 N–H and O–H groups in total. The second kappa shape index (κ2) is 6.22. The van der Waals surface area contributed by atoms with Crippen molar-refractivity contribution in [3.63, 3.8) is 0 Å². The predicted octanol–water partition coefficient (Wildman–Crippen LogP) is 4.64. The summed E-state index contributed by atoms with van der Waals surface area (Å²) in [6.45, 7) is 8.25. The number of rotatable bonds is 5. The minimum absolute atomic E-state index is 0.570. The van der Waals surface area contributed by atoms with Crippen LogP contribution in [0.2, 0.25) is 0 Å². The van der Waals surface area contributed by atoms with Gasteiger partial charge in [0.15, 0.2) is 0 Å². The monoisotopic (exact) mass is 293 g/mol. The van der Waals surface area contributed by atoms with E-state index < -0.39 is 0 Å². The number of hydrogen-bond acceptors (Lipinski definition) is 2. The second-order valence-corrected chi connectivity index (χ2v) is 5.94. The summed E-state index contributed by atoms with van der Waals surface area (Å²) < 4.78 is 2.25. The Balaban J connectivity index is 1.96. The van der Waals surface area contributed by atoms with Gasteiger partial charge in [0.05, 0.1) is 17.6 Å². The van der Waals surface area contributed by atoms with Crippen LogP contribution in [0.25, 0.3) is 11.0 Å². The van der Waals surface area contributed by atoms with E-state index in [-0.39, 0.29) is 0 Å². The van der Waals surface area contributed by atoms with E-state index in [0.29, 0.717) is 5.92 Å². The van der Waals surface area contributed by atoms with Crippen LogP contribution in [0, 0.1) is 0 Å². The molecule has 22 heavy (non-hydrogen) atoms. The van der Waals surface area contributed by atoms with Gasteiger partial charge in [-0.15, -0.1) is 0 Å². The lowest BCUT2D eigenvalue weighted by molar-refractivity contribution is 0.820. The summed E-state index contributed by atoms with van der Waals surface area (Å²) in [6, 6.07) is 17.2. The van der Waals surface area contributed by atoms with Gasteiger partial charge >= 0.3 is 0 Å². The first-order chi connectivity index (χ1) is 10.7. The molecule has 1 aromatic heterocycles. The summed E-state index contributed by atoms with van der Waals surface area (Å²) >= 11 is 0. The van der Waals surface area contributed by atoms with Crippen molar-refractivity contribution in [3.8, 4) is 0 Å². The third-order valence-electron chi connectivity index (χ3n) is 3.98. The van der Waals surface area contributed by atoms with Crippen molar-refractivity contribution >= 4 is 17.0 Å². The Hall–Kier alpha value is -2.29. The average Bonchev–Trinajstić information content (AvgIpc) is 2.86. The first kappa shape index (κ1) is 14.6. The van der Waals surface area contributed by atoms with E-state index in [1.165, 1.54) is 16.6 Å². The topological polar surface area (TPSA) is 29.9 Å². The first-order valence-electron chi connectivity index (χ1n) is 7.97. The van der Waals surface area contributed by atoms with Crippen molar-refractivity contribution in [3.05, 3.63) is 59.7 Å². The van der Waals surface area contributed by atoms with Gasteiger partial charge in [0.1, 0.15) is 0 Å². The number of nitrogens with one attached hydrogen (secondary N) is 1. The number of anilines is 1. The van der Waals surface area contributed by atoms with E-state index in [4.69, 9.17) is 4.98 Å². The lowest BCUT2D eigenvalue weighted by Gasteiger charge is -2.11. The van der Waals surface area contributed by atoms with Gasteiger partial charge < -0.3 is 9.88 Å². The van der Waals surface area contributed by atoms with Gasteiger partial charge in [0, 0.05) is 6.54 Å². The van der Waals surface area contributed by atoms with Gasteiger partial charge in [0.25, 0.3) is 0 Å². The molecule has 0 bridgehead atoms. The smallest absolute Gasteiger partial charge is 0.204 e. The van der Waals surface area contributed by atoms with Crippen molar-refractivity contribution in [2.24, 2.45) is 0 Å². The van der Waals surface area contributed by atoms with Gasteiger partial charge in [-0.3, -0.25) is 0 Å². The number of imidazole rings is 1. The SMILES string of the molecule is CCNc1nc2ccccc2n1Cc1ccc(C(C)C)cc1. The molecule has 3 aromatic rings. The zero-order chi connectivity index (χ0) is 15.5. The molecule has 1 heterocycles. The summed E-state index contributed by atoms with van der Waals surface area (Å²) in [4.78, 5) is 4.70. The quantitative estimate of drug-likeness (QED) is 0.742. The molecule has 114 valence electrons. The lowest BCUT2D eigenvalue weighted by atomic mass is 10.0. The molecule has 0 atom stereocenters. The van der Waals surface area contributed by atoms with Gasteiger partial charge in [-0.05, 0) is 36.1 Å². The van der Waals surface area contributed by atoms with Crippen LogP contribution in [0.5, 0.6) is 0 Å². The molecule has 3 heteroatoms. The van der Waals surface area contributed by atoms with E-state index in [9.17, 15) is 0 Å². The molecule has 0 aliphatic heterocycles. The van der Waals surface area contributed by atoms with E-state index in [0.717, 1.165) is 24.6 Å². The largest absolute Gasteiger partial charge is 0.356 e. The molecule has 0 amide bonds. The zero-order valence-corrected chi connectivity index (χ0v) is 13.5. The number of benzene rings is 2. The summed E-state index contributed by atoms with van der Waals surface area (Å²) in [6.07, 6.45) is 0. The maximum atomic E-state index is 4.70. The summed E-state index contributed by atoms with van der Waals surface area (Å²) in [5, 5.41) is 3.37. The van der Waals surface area contributed by atoms with Crippen LogP contribution in [0.15, 0.2) is 48.5 Å². The number of para-hydroxylation sites is 2. The molecule has 0 unspecified atom stereocenters. The highest BCUT2D eigenvalue weighted by molar-refractivity contribution is 5.78. The molecule has 0 spiro atoms. The molecule has 0 aliphatic rings. The molecule has 0 aliphatic carbocycles. The van der Waals surface area contributed by atoms with E-state index in [1.807, 2.05) is 6.07 Å². The van der Waals surface area contributed by atoms with Crippen LogP contribution >= 0.6 is 0 Å². The van der Waals surface area contributed by atoms with E-state index in [1.54, 1.807) is 0 Å². The molecular weight excluding hydrogens is 270 g/mol. The van der Waals surface area contributed by atoms with E-state index >= 15 is 0 Å². The summed E-state index contributed by atoms with van der Waals surface area (Å²) in [7, 11) is 0. The van der Waals surface area contributed by atoms with Crippen LogP contribution in [0.4, 0.5) is 5.95 Å². The molecular formula is C19H23N3. The Kier molecular flexibility index (Phi) is 4.14. The normalized spacial score (nSPS) is 11.3. The number of fused-ring (bicyclic) bond motifs is 1. The summed E-state index contributed by atoms with van der Waals surface area (Å²) in [5.74, 6) is 1.51. The fourth-order valence-corrected chi connectivity index (χ4v) is 2.72. The molecule has 3 rings (SSSR count). The molecule has 0 radical (unpaired) electrons. The highest BCUT2D eigenvalue weighted by Crippen LogP contribution is 2.22. The van der Waals surface area contributed by atoms with Crippen LogP contribution < -0.4 is 5.32 Å². The van der Waals surface area contributed by atoms with Crippen LogP contribution in [0.3, 0.4) is 0 Å². The molecule has 0 fully saturated rings. The molecule has 2 aromatic carbocycles. The Labute approximate surface area is 132 Å². The Bertz CT molecular complexity index is 754. The lowest BCUT2D eigenvalue weighted by Crippen LogP contribution is -2.08. The third kappa shape index (κ3) is 2.84. The van der Waals surface area contributed by atoms with Crippen molar-refractivity contribution in [2.45, 2.75) is 33.2 Å². The maximum absolute atomic E-state index is 4.70. The predicted molar refractivity (Wildman–Crippen MR) is 93.5 cm³/mol. The van der Waals surface area contributed by atoms with Gasteiger partial charge in [-0.2, -0.15) is 0 Å². The van der Waals surface area contributed by atoms with E-state index in [2.05, 4.69) is 73.1 Å². The number of hydrogen-bond donors (Lipinski definition) is 1. The summed E-state index contributed by atoms with van der Waals surface area (Å²) in [5.41, 5.74) is 4.89. The van der Waals surface area contributed by atoms with Crippen molar-refractivity contribution < 1.29 is 0 Å². The van der Waals surface area contributed by atoms with Crippen molar-refractivity contribution in [1.82, 2.24) is 9.55 Å². The Morgan fingerprint density at radius 2 is 1.77 bits per heavy atom. The first-order valence-corrected chi connectivity index (χ1v) is 7.97. The van der Waals surface area contributed by atoms with Crippen LogP contribution in [-0.4, -0.2) is 16.1 Å². The Morgan fingerprint density at radius 1 is 1.05 bits per heavy atom. The highest BCUT2D eigenvalue weighted by atomic mass is 15.2. The van der Waals surface area contributed by atoms with Gasteiger partial charge in [0.2, 0.25) is 5.95 Å². The van der Waals surface area contributed by atoms with Crippen molar-refractivity contribution in [1.29, 1.82) is 0 Å². The molecule has 0 saturated heterocycles. The zero-order valence-electron chi connectivity index (χ0n) is 13.5. The number of aromatic nitrogens is 2. The van der Waals surface area contributed by atoms with Gasteiger partial charge in [-0.1, -0.05) is 50.2 Å². The minimum atomic E-state index is 0.570. The second-order valence-electron chi connectivity index (χ2n) is 5.94. The maximum Gasteiger partial charge on any atom is 0.204 e. The minimum Gasteiger partial charge on any atom is -0.356 e. The fourth-order valence-electron chi connectivity index (χ4n) is 2.72. The molecule has 0 saturated carbocycles. The standard InChI is InChI=1S/C19H23N3/c1-4-20-19-21-17-7-5-6-8-18(17)22(19)13-15-9-11-16(12-10-15)14(2)3/h5-12,14H,4,13H2,1-3H3,(H,20,21). The average molecular weight is 293 g/mol. The van der Waals surface area contributed by atoms with Crippen molar-refractivity contribution in [2.75, 3.05) is 11.9 Å². The van der Waals surface area contributed by atoms with Crippen LogP contribution in [0.1, 0.15) is 37.8 Å². The van der Waals surface area contributed by atoms with Crippen LogP contribution in [-0.2, 0) is 6.54 Å². The third-order valence-corrected chi connectivity index (χ3v) is 3.98. The van der Waals surface area contributed by atoms with Gasteiger partial charge in [-0.25, -0.2) is 4.98 Å². The Morgan fingerprint density at radius 3 is 2.45 bits per heavy atom. The number of nitrogens with zero attached hydrogens (tertiary/aromatic N) is 2. The molecule has 3 nitrogen and oxygen atoms in total. The highest BCUT2D eigenvalue weighted by Gasteiger charge is 2.10.